The van der Waals surface area contributed by atoms with Crippen LogP contribution in [0, 0.1) is 0 Å². The Hall–Kier alpha value is -2.06. The summed E-state index contributed by atoms with van der Waals surface area (Å²) in [5.41, 5.74) is 0. The second kappa shape index (κ2) is 13.4. The van der Waals surface area contributed by atoms with Crippen molar-refractivity contribution in [2.24, 2.45) is 0 Å². The first-order valence-corrected chi connectivity index (χ1v) is 16.6. The van der Waals surface area contributed by atoms with Gasteiger partial charge in [0, 0.05) is 0 Å². The summed E-state index contributed by atoms with van der Waals surface area (Å²) in [6.07, 6.45) is 14.7. The zero-order chi connectivity index (χ0) is 21.6. The molecule has 0 amide bonds. The molecule has 0 aliphatic rings. The molecule has 0 saturated carbocycles. The normalized spacial score (nSPS) is 11.8. The van der Waals surface area contributed by atoms with Crippen LogP contribution in [0.15, 0.2) is 102 Å². The molecule has 0 fully saturated rings. The molecule has 0 radical (unpaired) electrons. The Labute approximate surface area is 192 Å². The van der Waals surface area contributed by atoms with E-state index in [4.69, 9.17) is 0 Å². The van der Waals surface area contributed by atoms with Gasteiger partial charge in [-0.1, -0.05) is 0 Å². The third-order valence-electron chi connectivity index (χ3n) is 6.28. The van der Waals surface area contributed by atoms with Gasteiger partial charge in [0.25, 0.3) is 0 Å². The number of hydrogen-bond donors (Lipinski definition) is 0. The number of benzene rings is 3. The van der Waals surface area contributed by atoms with E-state index < -0.39 is 13.3 Å². The van der Waals surface area contributed by atoms with Crippen molar-refractivity contribution < 1.29 is 0 Å². The van der Waals surface area contributed by atoms with E-state index in [0.29, 0.717) is 0 Å². The summed E-state index contributed by atoms with van der Waals surface area (Å²) in [6.45, 7) is 2.29. The van der Waals surface area contributed by atoms with E-state index in [1.807, 2.05) is 0 Å². The second-order valence-corrected chi connectivity index (χ2v) is 16.3. The van der Waals surface area contributed by atoms with Gasteiger partial charge in [0.2, 0.25) is 0 Å². The van der Waals surface area contributed by atoms with Gasteiger partial charge >= 0.3 is 193 Å². The molecule has 3 rings (SSSR count). The predicted octanol–water partition coefficient (Wildman–Crippen LogP) is 6.78. The van der Waals surface area contributed by atoms with Crippen LogP contribution in [-0.4, -0.2) is 13.3 Å². The van der Waals surface area contributed by atoms with Crippen molar-refractivity contribution >= 4 is 26.5 Å². The predicted molar refractivity (Wildman–Crippen MR) is 140 cm³/mol. The van der Waals surface area contributed by atoms with Crippen LogP contribution in [0.2, 0.25) is 0 Å². The summed E-state index contributed by atoms with van der Waals surface area (Å²) in [4.78, 5) is 2.64. The molecule has 0 atom stereocenters. The summed E-state index contributed by atoms with van der Waals surface area (Å²) in [5.74, 6) is 0. The fourth-order valence-corrected chi connectivity index (χ4v) is 13.5. The minimum absolute atomic E-state index is 1.19. The number of unbranched alkanes of at least 4 members (excludes halogenated alkanes) is 8. The molecule has 0 spiro atoms. The zero-order valence-corrected chi connectivity index (χ0v) is 21.3. The quantitative estimate of drug-likeness (QED) is 0.190. The van der Waals surface area contributed by atoms with Crippen LogP contribution in [0.4, 0.5) is 0 Å². The summed E-state index contributed by atoms with van der Waals surface area (Å²) in [6, 6.07) is 33.7. The van der Waals surface area contributed by atoms with Crippen LogP contribution in [-0.2, 0) is 0 Å². The average molecular weight is 471 g/mol. The Morgan fingerprint density at radius 1 is 0.516 bits per heavy atom. The molecule has 3 aromatic rings. The van der Waals surface area contributed by atoms with E-state index >= 15 is 0 Å². The molecule has 0 unspecified atom stereocenters. The summed E-state index contributed by atoms with van der Waals surface area (Å²) in [7, 11) is 0. The molecule has 0 N–H and O–H groups in total. The van der Waals surface area contributed by atoms with Crippen LogP contribution in [0.3, 0.4) is 0 Å². The second-order valence-electron chi connectivity index (χ2n) is 8.57. The molecule has 31 heavy (non-hydrogen) atoms. The number of allylic oxidation sites excluding steroid dienone is 1. The van der Waals surface area contributed by atoms with Crippen molar-refractivity contribution in [2.45, 2.75) is 64.7 Å². The first-order valence-electron chi connectivity index (χ1n) is 12.2. The molecule has 0 saturated heterocycles. The maximum absolute atomic E-state index is 2.87. The van der Waals surface area contributed by atoms with Crippen LogP contribution >= 0.6 is 0 Å². The van der Waals surface area contributed by atoms with Gasteiger partial charge in [-0.3, -0.25) is 0 Å². The van der Waals surface area contributed by atoms with Gasteiger partial charge in [0.05, 0.1) is 0 Å². The van der Waals surface area contributed by atoms with Crippen molar-refractivity contribution in [3.63, 3.8) is 0 Å². The van der Waals surface area contributed by atoms with E-state index in [9.17, 15) is 0 Å². The SMILES string of the molecule is CCCCCCCCCC/C=[CH]/[Ge]([c]1ccccc1)([c]1ccccc1)[c]1ccccc1. The monoisotopic (exact) mass is 472 g/mol. The first-order chi connectivity index (χ1) is 15.4. The van der Waals surface area contributed by atoms with Gasteiger partial charge in [-0.2, -0.15) is 0 Å². The van der Waals surface area contributed by atoms with E-state index in [1.54, 1.807) is 0 Å². The number of hydrogen-bond acceptors (Lipinski definition) is 0. The van der Waals surface area contributed by atoms with Gasteiger partial charge < -0.3 is 0 Å². The number of rotatable bonds is 13. The van der Waals surface area contributed by atoms with E-state index in [2.05, 4.69) is 109 Å². The molecule has 0 bridgehead atoms. The van der Waals surface area contributed by atoms with E-state index in [0.717, 1.165) is 0 Å². The van der Waals surface area contributed by atoms with Crippen molar-refractivity contribution in [3.05, 3.63) is 102 Å². The minimum atomic E-state index is -2.87. The van der Waals surface area contributed by atoms with Crippen molar-refractivity contribution in [2.75, 3.05) is 0 Å². The fourth-order valence-electron chi connectivity index (χ4n) is 4.55. The van der Waals surface area contributed by atoms with Crippen molar-refractivity contribution in [1.82, 2.24) is 0 Å². The molecule has 3 aromatic carbocycles. The molecule has 162 valence electrons. The average Bonchev–Trinajstić information content (AvgIpc) is 2.84. The van der Waals surface area contributed by atoms with Crippen LogP contribution in [0.1, 0.15) is 64.7 Å². The third-order valence-corrected chi connectivity index (χ3v) is 15.7. The molecule has 0 aliphatic carbocycles. The molecule has 0 nitrogen and oxygen atoms in total. The Morgan fingerprint density at radius 3 is 1.32 bits per heavy atom. The maximum atomic E-state index is 2.64. The summed E-state index contributed by atoms with van der Waals surface area (Å²) >= 11 is -2.87. The van der Waals surface area contributed by atoms with Gasteiger partial charge in [-0.25, -0.2) is 0 Å². The Bertz CT molecular complexity index is 771. The zero-order valence-electron chi connectivity index (χ0n) is 19.2. The molecule has 0 heterocycles. The van der Waals surface area contributed by atoms with Crippen LogP contribution in [0.25, 0.3) is 0 Å². The molecule has 1 heteroatoms. The van der Waals surface area contributed by atoms with Gasteiger partial charge in [0.1, 0.15) is 0 Å². The standard InChI is InChI=1S/C30H38Ge/c1-2-3-4-5-6-7-8-9-10-20-27-31(28-21-14-11-15-22-28,29-23-16-12-17-24-29)30-25-18-13-19-26-30/h11-27H,2-10H2,1H3/b27-20+. The van der Waals surface area contributed by atoms with Crippen molar-refractivity contribution in [3.8, 4) is 0 Å². The summed E-state index contributed by atoms with van der Waals surface area (Å²) < 4.78 is 4.52. The van der Waals surface area contributed by atoms with E-state index in [-0.39, 0.29) is 0 Å². The summed E-state index contributed by atoms with van der Waals surface area (Å²) in [5, 5.41) is 0. The van der Waals surface area contributed by atoms with E-state index in [1.165, 1.54) is 71.0 Å². The topological polar surface area (TPSA) is 0 Å². The molecule has 0 aromatic heterocycles. The molecular formula is C30H38Ge. The Balaban J connectivity index is 1.78. The molecule has 0 aliphatic heterocycles. The van der Waals surface area contributed by atoms with Gasteiger partial charge in [0.15, 0.2) is 0 Å². The van der Waals surface area contributed by atoms with Gasteiger partial charge in [-0.15, -0.1) is 0 Å². The van der Waals surface area contributed by atoms with Gasteiger partial charge in [-0.05, 0) is 0 Å². The van der Waals surface area contributed by atoms with Crippen LogP contribution < -0.4 is 13.2 Å². The third kappa shape index (κ3) is 6.71. The Morgan fingerprint density at radius 2 is 0.903 bits per heavy atom. The van der Waals surface area contributed by atoms with Crippen LogP contribution in [0.5, 0.6) is 0 Å². The fraction of sp³-hybridized carbons (Fsp3) is 0.333. The van der Waals surface area contributed by atoms with Crippen molar-refractivity contribution in [1.29, 1.82) is 0 Å². The first kappa shape index (κ1) is 23.6. The Kier molecular flexibility index (Phi) is 10.2. The molecular weight excluding hydrogens is 433 g/mol.